The maximum Gasteiger partial charge on any atom is 0.237 e. The molecule has 1 saturated heterocycles. The first-order valence-electron chi connectivity index (χ1n) is 7.68. The number of aromatic nitrogens is 1. The van der Waals surface area contributed by atoms with Gasteiger partial charge in [0.15, 0.2) is 0 Å². The van der Waals surface area contributed by atoms with Gasteiger partial charge in [-0.05, 0) is 38.4 Å². The molecule has 0 saturated carbocycles. The molecule has 1 fully saturated rings. The van der Waals surface area contributed by atoms with E-state index in [1.54, 1.807) is 17.5 Å². The number of carbonyl (C=O) groups is 1. The standard InChI is InChI=1S/C17H21N3OS/c1-20-10-5-8-15(20)16(21)19-14(17-18-9-11-22-17)12-13-6-3-2-4-7-13/h2-4,6-7,9,11,14-15H,5,8,10,12H2,1H3,(H,19,21). The van der Waals surface area contributed by atoms with Gasteiger partial charge in [-0.1, -0.05) is 30.3 Å². The molecule has 1 aliphatic rings. The predicted molar refractivity (Wildman–Crippen MR) is 88.8 cm³/mol. The highest BCUT2D eigenvalue weighted by Crippen LogP contribution is 2.22. The van der Waals surface area contributed by atoms with Crippen LogP contribution in [0.3, 0.4) is 0 Å². The molecule has 5 heteroatoms. The van der Waals surface area contributed by atoms with Crippen LogP contribution in [0.2, 0.25) is 0 Å². The zero-order chi connectivity index (χ0) is 15.4. The van der Waals surface area contributed by atoms with Crippen LogP contribution < -0.4 is 5.32 Å². The van der Waals surface area contributed by atoms with Crippen LogP contribution in [-0.4, -0.2) is 35.4 Å². The Hall–Kier alpha value is -1.72. The largest absolute Gasteiger partial charge is 0.345 e. The van der Waals surface area contributed by atoms with E-state index in [4.69, 9.17) is 0 Å². The molecule has 0 bridgehead atoms. The minimum atomic E-state index is -0.0519. The Morgan fingerprint density at radius 2 is 2.27 bits per heavy atom. The van der Waals surface area contributed by atoms with Crippen molar-refractivity contribution in [3.8, 4) is 0 Å². The van der Waals surface area contributed by atoms with E-state index >= 15 is 0 Å². The van der Waals surface area contributed by atoms with Gasteiger partial charge < -0.3 is 5.32 Å². The number of nitrogens with zero attached hydrogens (tertiary/aromatic N) is 2. The number of hydrogen-bond donors (Lipinski definition) is 1. The quantitative estimate of drug-likeness (QED) is 0.922. The first-order chi connectivity index (χ1) is 10.7. The van der Waals surface area contributed by atoms with Crippen LogP contribution in [0.1, 0.15) is 29.5 Å². The molecule has 2 aromatic rings. The molecule has 116 valence electrons. The number of rotatable bonds is 5. The van der Waals surface area contributed by atoms with Crippen molar-refractivity contribution >= 4 is 17.2 Å². The molecule has 1 N–H and O–H groups in total. The van der Waals surface area contributed by atoms with Crippen molar-refractivity contribution in [2.75, 3.05) is 13.6 Å². The molecule has 0 radical (unpaired) electrons. The lowest BCUT2D eigenvalue weighted by atomic mass is 10.1. The number of hydrogen-bond acceptors (Lipinski definition) is 4. The monoisotopic (exact) mass is 315 g/mol. The summed E-state index contributed by atoms with van der Waals surface area (Å²) in [4.78, 5) is 19.1. The van der Waals surface area contributed by atoms with E-state index in [1.165, 1.54) is 5.56 Å². The van der Waals surface area contributed by atoms with Gasteiger partial charge in [-0.3, -0.25) is 9.69 Å². The van der Waals surface area contributed by atoms with Crippen LogP contribution in [-0.2, 0) is 11.2 Å². The third-order valence-corrected chi connectivity index (χ3v) is 5.06. The van der Waals surface area contributed by atoms with E-state index in [2.05, 4.69) is 27.3 Å². The zero-order valence-corrected chi connectivity index (χ0v) is 13.6. The summed E-state index contributed by atoms with van der Waals surface area (Å²) in [5.74, 6) is 0.121. The lowest BCUT2D eigenvalue weighted by Gasteiger charge is -2.23. The van der Waals surface area contributed by atoms with E-state index in [0.29, 0.717) is 0 Å². The molecule has 2 unspecified atom stereocenters. The van der Waals surface area contributed by atoms with Gasteiger partial charge in [-0.15, -0.1) is 11.3 Å². The number of nitrogens with one attached hydrogen (secondary N) is 1. The van der Waals surface area contributed by atoms with E-state index in [1.807, 2.05) is 30.6 Å². The van der Waals surface area contributed by atoms with Crippen LogP contribution in [0.4, 0.5) is 0 Å². The first-order valence-corrected chi connectivity index (χ1v) is 8.56. The Morgan fingerprint density at radius 1 is 1.45 bits per heavy atom. The normalized spacial score (nSPS) is 20.0. The Kier molecular flexibility index (Phi) is 4.85. The number of benzene rings is 1. The third-order valence-electron chi connectivity index (χ3n) is 4.17. The summed E-state index contributed by atoms with van der Waals surface area (Å²) in [7, 11) is 2.02. The van der Waals surface area contributed by atoms with Gasteiger partial charge in [0.2, 0.25) is 5.91 Å². The highest BCUT2D eigenvalue weighted by atomic mass is 32.1. The second-order valence-electron chi connectivity index (χ2n) is 5.76. The topological polar surface area (TPSA) is 45.2 Å². The minimum Gasteiger partial charge on any atom is -0.345 e. The number of carbonyl (C=O) groups excluding carboxylic acids is 1. The van der Waals surface area contributed by atoms with Crippen LogP contribution in [0.25, 0.3) is 0 Å². The molecular weight excluding hydrogens is 294 g/mol. The van der Waals surface area contributed by atoms with Gasteiger partial charge >= 0.3 is 0 Å². The molecule has 2 heterocycles. The zero-order valence-electron chi connectivity index (χ0n) is 12.7. The molecule has 1 aromatic heterocycles. The summed E-state index contributed by atoms with van der Waals surface area (Å²) in [6, 6.07) is 10.2. The highest BCUT2D eigenvalue weighted by molar-refractivity contribution is 7.09. The van der Waals surface area contributed by atoms with Crippen molar-refractivity contribution < 1.29 is 4.79 Å². The molecule has 2 atom stereocenters. The second kappa shape index (κ2) is 7.03. The van der Waals surface area contributed by atoms with Crippen LogP contribution >= 0.6 is 11.3 Å². The second-order valence-corrected chi connectivity index (χ2v) is 6.69. The molecule has 1 amide bonds. The Balaban J connectivity index is 1.73. The summed E-state index contributed by atoms with van der Waals surface area (Å²) < 4.78 is 0. The summed E-state index contributed by atoms with van der Waals surface area (Å²) in [6.45, 7) is 0.999. The number of amides is 1. The summed E-state index contributed by atoms with van der Waals surface area (Å²) in [5, 5.41) is 6.14. The van der Waals surface area contributed by atoms with Crippen molar-refractivity contribution in [2.45, 2.75) is 31.3 Å². The molecule has 3 rings (SSSR count). The molecular formula is C17H21N3OS. The van der Waals surface area contributed by atoms with Gasteiger partial charge in [0.05, 0.1) is 12.1 Å². The van der Waals surface area contributed by atoms with Gasteiger partial charge in [0.25, 0.3) is 0 Å². The van der Waals surface area contributed by atoms with Gasteiger partial charge in [0, 0.05) is 11.6 Å². The van der Waals surface area contributed by atoms with E-state index in [-0.39, 0.29) is 18.0 Å². The van der Waals surface area contributed by atoms with Gasteiger partial charge in [-0.25, -0.2) is 4.98 Å². The van der Waals surface area contributed by atoms with Gasteiger partial charge in [-0.2, -0.15) is 0 Å². The van der Waals surface area contributed by atoms with Crippen LogP contribution in [0.15, 0.2) is 41.9 Å². The fourth-order valence-corrected chi connectivity index (χ4v) is 3.66. The third kappa shape index (κ3) is 3.54. The fraction of sp³-hybridized carbons (Fsp3) is 0.412. The van der Waals surface area contributed by atoms with Crippen molar-refractivity contribution in [1.82, 2.24) is 15.2 Å². The summed E-state index contributed by atoms with van der Waals surface area (Å²) in [6.07, 6.45) is 4.61. The fourth-order valence-electron chi connectivity index (χ4n) is 2.97. The summed E-state index contributed by atoms with van der Waals surface area (Å²) >= 11 is 1.60. The predicted octanol–water partition coefficient (Wildman–Crippen LogP) is 2.64. The molecule has 22 heavy (non-hydrogen) atoms. The minimum absolute atomic E-state index is 0.00163. The molecule has 1 aliphatic heterocycles. The Morgan fingerprint density at radius 3 is 2.91 bits per heavy atom. The maximum atomic E-state index is 12.6. The lowest BCUT2D eigenvalue weighted by Crippen LogP contribution is -2.43. The molecule has 0 spiro atoms. The number of thiazole rings is 1. The van der Waals surface area contributed by atoms with Crippen molar-refractivity contribution in [3.05, 3.63) is 52.5 Å². The van der Waals surface area contributed by atoms with Crippen molar-refractivity contribution in [3.63, 3.8) is 0 Å². The molecule has 4 nitrogen and oxygen atoms in total. The van der Waals surface area contributed by atoms with E-state index in [0.717, 1.165) is 30.8 Å². The Labute approximate surface area is 135 Å². The van der Waals surface area contributed by atoms with Gasteiger partial charge in [0.1, 0.15) is 5.01 Å². The number of likely N-dealkylation sites (tertiary alicyclic amines) is 1. The maximum absolute atomic E-state index is 12.6. The molecule has 1 aromatic carbocycles. The summed E-state index contributed by atoms with van der Waals surface area (Å²) in [5.41, 5.74) is 1.21. The van der Waals surface area contributed by atoms with Crippen LogP contribution in [0.5, 0.6) is 0 Å². The number of likely N-dealkylation sites (N-methyl/N-ethyl adjacent to an activating group) is 1. The van der Waals surface area contributed by atoms with Crippen LogP contribution in [0, 0.1) is 0 Å². The average molecular weight is 315 g/mol. The van der Waals surface area contributed by atoms with Crippen molar-refractivity contribution in [1.29, 1.82) is 0 Å². The van der Waals surface area contributed by atoms with Crippen molar-refractivity contribution in [2.24, 2.45) is 0 Å². The first kappa shape index (κ1) is 15.2. The Bertz CT molecular complexity index is 600. The SMILES string of the molecule is CN1CCCC1C(=O)NC(Cc1ccccc1)c1nccs1. The molecule has 0 aliphatic carbocycles. The highest BCUT2D eigenvalue weighted by Gasteiger charge is 2.29. The van der Waals surface area contributed by atoms with E-state index < -0.39 is 0 Å². The van der Waals surface area contributed by atoms with E-state index in [9.17, 15) is 4.79 Å². The smallest absolute Gasteiger partial charge is 0.237 e. The average Bonchev–Trinajstić information content (AvgIpc) is 3.19. The lowest BCUT2D eigenvalue weighted by molar-refractivity contribution is -0.125.